The summed E-state index contributed by atoms with van der Waals surface area (Å²) in [5.74, 6) is 0.738. The van der Waals surface area contributed by atoms with E-state index in [4.69, 9.17) is 4.42 Å². The molecule has 1 fully saturated rings. The van der Waals surface area contributed by atoms with Crippen LogP contribution in [0, 0.1) is 0 Å². The fourth-order valence-electron chi connectivity index (χ4n) is 3.65. The fourth-order valence-corrected chi connectivity index (χ4v) is 4.58. The lowest BCUT2D eigenvalue weighted by Crippen LogP contribution is -2.44. The van der Waals surface area contributed by atoms with Crippen molar-refractivity contribution in [3.8, 4) is 11.5 Å². The smallest absolute Gasteiger partial charge is 0.257 e. The van der Waals surface area contributed by atoms with Crippen LogP contribution in [0.15, 0.2) is 65.7 Å². The van der Waals surface area contributed by atoms with Crippen molar-refractivity contribution in [2.24, 2.45) is 0 Å². The second-order valence-electron chi connectivity index (χ2n) is 7.89. The summed E-state index contributed by atoms with van der Waals surface area (Å²) in [6.45, 7) is 3.75. The van der Waals surface area contributed by atoms with Gasteiger partial charge in [-0.3, -0.25) is 19.9 Å². The largest absolute Gasteiger partial charge is 0.463 e. The maximum atomic E-state index is 13.4. The molecule has 5 rings (SSSR count). The molecule has 10 heteroatoms. The van der Waals surface area contributed by atoms with E-state index >= 15 is 0 Å². The van der Waals surface area contributed by atoms with Crippen LogP contribution in [0.4, 0.5) is 10.9 Å². The van der Waals surface area contributed by atoms with Crippen LogP contribution >= 0.6 is 11.3 Å². The highest BCUT2D eigenvalue weighted by Crippen LogP contribution is 2.33. The Labute approximate surface area is 200 Å². The number of thiazole rings is 1. The Balaban J connectivity index is 1.40. The van der Waals surface area contributed by atoms with Crippen molar-refractivity contribution in [2.75, 3.05) is 43.4 Å². The van der Waals surface area contributed by atoms with Crippen molar-refractivity contribution in [1.29, 1.82) is 0 Å². The lowest BCUT2D eigenvalue weighted by atomic mass is 10.1. The summed E-state index contributed by atoms with van der Waals surface area (Å²) in [7, 11) is 2.10. The molecule has 0 aromatic carbocycles. The molecule has 9 nitrogen and oxygen atoms in total. The van der Waals surface area contributed by atoms with Crippen molar-refractivity contribution in [3.63, 3.8) is 0 Å². The maximum Gasteiger partial charge on any atom is 0.257 e. The number of aromatic nitrogens is 3. The maximum absolute atomic E-state index is 13.4. The minimum atomic E-state index is -0.334. The summed E-state index contributed by atoms with van der Waals surface area (Å²) in [6.07, 6.45) is 6.19. The number of carbonyl (C=O) groups is 2. The molecule has 0 unspecified atom stereocenters. The fraction of sp³-hybridized carbons (Fsp3) is 0.208. The number of likely N-dealkylation sites (N-methyl/N-ethyl adjacent to an activating group) is 1. The van der Waals surface area contributed by atoms with Gasteiger partial charge in [0.05, 0.1) is 6.26 Å². The highest BCUT2D eigenvalue weighted by molar-refractivity contribution is 7.18. The van der Waals surface area contributed by atoms with Gasteiger partial charge in [0.15, 0.2) is 10.9 Å². The molecule has 1 aliphatic rings. The molecule has 1 amide bonds. The van der Waals surface area contributed by atoms with E-state index in [1.54, 1.807) is 48.9 Å². The lowest BCUT2D eigenvalue weighted by molar-refractivity contribution is 0.102. The van der Waals surface area contributed by atoms with Gasteiger partial charge in [0.1, 0.15) is 16.4 Å². The number of ketones is 1. The third-order valence-electron chi connectivity index (χ3n) is 5.59. The summed E-state index contributed by atoms with van der Waals surface area (Å²) in [5, 5.41) is 3.07. The monoisotopic (exact) mass is 474 g/mol. The molecule has 1 N–H and O–H groups in total. The number of amides is 1. The predicted molar refractivity (Wildman–Crippen MR) is 129 cm³/mol. The van der Waals surface area contributed by atoms with Gasteiger partial charge in [-0.05, 0) is 43.4 Å². The van der Waals surface area contributed by atoms with Crippen LogP contribution in [-0.4, -0.2) is 64.8 Å². The zero-order valence-corrected chi connectivity index (χ0v) is 19.3. The normalized spacial score (nSPS) is 14.2. The second kappa shape index (κ2) is 9.54. The number of rotatable bonds is 6. The number of hydrogen-bond donors (Lipinski definition) is 1. The number of hydrogen-bond acceptors (Lipinski definition) is 9. The van der Waals surface area contributed by atoms with Crippen LogP contribution in [0.1, 0.15) is 25.6 Å². The van der Waals surface area contributed by atoms with Gasteiger partial charge in [-0.2, -0.15) is 0 Å². The number of furan rings is 1. The first-order valence-electron chi connectivity index (χ1n) is 10.8. The quantitative estimate of drug-likeness (QED) is 0.424. The number of piperazine rings is 1. The van der Waals surface area contributed by atoms with Gasteiger partial charge in [-0.1, -0.05) is 11.3 Å². The Morgan fingerprint density at radius 3 is 2.50 bits per heavy atom. The van der Waals surface area contributed by atoms with Crippen molar-refractivity contribution >= 4 is 34.0 Å². The lowest BCUT2D eigenvalue weighted by Gasteiger charge is -2.33. The number of anilines is 2. The Morgan fingerprint density at radius 2 is 1.82 bits per heavy atom. The van der Waals surface area contributed by atoms with Gasteiger partial charge < -0.3 is 14.2 Å². The molecule has 0 radical (unpaired) electrons. The molecule has 0 aliphatic carbocycles. The van der Waals surface area contributed by atoms with Gasteiger partial charge in [0.25, 0.3) is 5.91 Å². The highest BCUT2D eigenvalue weighted by Gasteiger charge is 2.24. The van der Waals surface area contributed by atoms with Crippen molar-refractivity contribution in [1.82, 2.24) is 19.9 Å². The van der Waals surface area contributed by atoms with E-state index in [-0.39, 0.29) is 11.7 Å². The molecule has 34 heavy (non-hydrogen) atoms. The molecule has 0 atom stereocenters. The van der Waals surface area contributed by atoms with Crippen molar-refractivity contribution in [2.45, 2.75) is 0 Å². The van der Waals surface area contributed by atoms with Crippen LogP contribution in [0.2, 0.25) is 0 Å². The van der Waals surface area contributed by atoms with Gasteiger partial charge in [0.2, 0.25) is 5.78 Å². The van der Waals surface area contributed by atoms with Gasteiger partial charge >= 0.3 is 0 Å². The van der Waals surface area contributed by atoms with Gasteiger partial charge in [0, 0.05) is 55.9 Å². The van der Waals surface area contributed by atoms with Crippen LogP contribution < -0.4 is 10.2 Å². The van der Waals surface area contributed by atoms with E-state index in [9.17, 15) is 9.59 Å². The van der Waals surface area contributed by atoms with Crippen LogP contribution in [0.3, 0.4) is 0 Å². The topological polar surface area (TPSA) is 104 Å². The van der Waals surface area contributed by atoms with Crippen LogP contribution in [0.25, 0.3) is 11.5 Å². The zero-order chi connectivity index (χ0) is 23.5. The molecule has 0 saturated carbocycles. The molecule has 172 valence electrons. The van der Waals surface area contributed by atoms with E-state index < -0.39 is 0 Å². The summed E-state index contributed by atoms with van der Waals surface area (Å²) in [6, 6.07) is 10.3. The van der Waals surface area contributed by atoms with Crippen LogP contribution in [0.5, 0.6) is 0 Å². The first kappa shape index (κ1) is 21.9. The molecule has 4 aromatic rings. The standard InChI is InChI=1S/C24H22N6O3S/c1-29-10-12-30(13-11-29)19-5-4-17(15-26-19)21(31)22-20(18-3-2-14-33-18)27-24(34-22)28-23(32)16-6-8-25-9-7-16/h2-9,14-15H,10-13H2,1H3,(H,27,28,32). The number of pyridine rings is 2. The zero-order valence-electron chi connectivity index (χ0n) is 18.5. The Bertz CT molecular complexity index is 1280. The molecular weight excluding hydrogens is 452 g/mol. The summed E-state index contributed by atoms with van der Waals surface area (Å²) in [5.41, 5.74) is 1.27. The van der Waals surface area contributed by atoms with Crippen molar-refractivity contribution < 1.29 is 14.0 Å². The Hall–Kier alpha value is -3.89. The van der Waals surface area contributed by atoms with E-state index in [0.717, 1.165) is 43.3 Å². The Morgan fingerprint density at radius 1 is 1.03 bits per heavy atom. The summed E-state index contributed by atoms with van der Waals surface area (Å²) < 4.78 is 5.50. The van der Waals surface area contributed by atoms with E-state index in [2.05, 4.69) is 37.1 Å². The van der Waals surface area contributed by atoms with Gasteiger partial charge in [-0.15, -0.1) is 0 Å². The summed E-state index contributed by atoms with van der Waals surface area (Å²) in [4.78, 5) is 43.8. The van der Waals surface area contributed by atoms with E-state index in [0.29, 0.717) is 32.6 Å². The average molecular weight is 475 g/mol. The predicted octanol–water partition coefficient (Wildman–Crippen LogP) is 3.43. The number of nitrogens with zero attached hydrogens (tertiary/aromatic N) is 5. The van der Waals surface area contributed by atoms with Crippen molar-refractivity contribution in [3.05, 3.63) is 77.3 Å². The molecule has 0 bridgehead atoms. The number of carbonyl (C=O) groups excluding carboxylic acids is 2. The molecular formula is C24H22N6O3S. The number of nitrogens with one attached hydrogen (secondary N) is 1. The average Bonchev–Trinajstić information content (AvgIpc) is 3.55. The minimum absolute atomic E-state index is 0.231. The molecule has 4 aromatic heterocycles. The first-order chi connectivity index (χ1) is 16.6. The second-order valence-corrected chi connectivity index (χ2v) is 8.89. The third-order valence-corrected chi connectivity index (χ3v) is 6.56. The molecule has 0 spiro atoms. The SMILES string of the molecule is CN1CCN(c2ccc(C(=O)c3sc(NC(=O)c4ccncc4)nc3-c3ccco3)cn2)CC1. The Kier molecular flexibility index (Phi) is 6.15. The highest BCUT2D eigenvalue weighted by atomic mass is 32.1. The molecule has 1 saturated heterocycles. The molecule has 1 aliphatic heterocycles. The van der Waals surface area contributed by atoms with E-state index in [1.165, 1.54) is 6.26 Å². The van der Waals surface area contributed by atoms with Crippen LogP contribution in [-0.2, 0) is 0 Å². The summed E-state index contributed by atoms with van der Waals surface area (Å²) >= 11 is 1.10. The minimum Gasteiger partial charge on any atom is -0.463 e. The third kappa shape index (κ3) is 4.59. The first-order valence-corrected chi connectivity index (χ1v) is 11.6. The van der Waals surface area contributed by atoms with Gasteiger partial charge in [-0.25, -0.2) is 9.97 Å². The molecule has 5 heterocycles. The van der Waals surface area contributed by atoms with E-state index in [1.807, 2.05) is 6.07 Å².